The molecule has 0 aliphatic heterocycles. The minimum absolute atomic E-state index is 0.716. The molecule has 0 rings (SSSR count). The highest BCUT2D eigenvalue weighted by atomic mass is 14.9. The van der Waals surface area contributed by atoms with Crippen molar-refractivity contribution in [3.05, 3.63) is 0 Å². The van der Waals surface area contributed by atoms with Crippen molar-refractivity contribution in [2.45, 2.75) is 45.6 Å². The van der Waals surface area contributed by atoms with E-state index < -0.39 is 0 Å². The fraction of sp³-hybridized carbons (Fsp3) is 1.00. The summed E-state index contributed by atoms with van der Waals surface area (Å²) in [6.45, 7) is 6.41. The lowest BCUT2D eigenvalue weighted by atomic mass is 10.1. The zero-order valence-corrected chi connectivity index (χ0v) is 7.90. The largest absolute Gasteiger partial charge is 0.330 e. The highest BCUT2D eigenvalue weighted by molar-refractivity contribution is 4.61. The molecule has 3 N–H and O–H groups in total. The van der Waals surface area contributed by atoms with Crippen molar-refractivity contribution in [1.29, 1.82) is 0 Å². The Morgan fingerprint density at radius 2 is 1.82 bits per heavy atom. The molecule has 0 aromatic heterocycles. The lowest BCUT2D eigenvalue weighted by Crippen LogP contribution is -2.28. The van der Waals surface area contributed by atoms with Crippen LogP contribution < -0.4 is 11.1 Å². The molecule has 0 aromatic rings. The van der Waals surface area contributed by atoms with Crippen LogP contribution in [0.25, 0.3) is 0 Å². The summed E-state index contributed by atoms with van der Waals surface area (Å²) in [5.41, 5.74) is 5.38. The molecule has 0 fully saturated rings. The molecular formula is C9H22N2. The van der Waals surface area contributed by atoms with Gasteiger partial charge in [0, 0.05) is 6.04 Å². The minimum atomic E-state index is 0.716. The summed E-state index contributed by atoms with van der Waals surface area (Å²) in [6.07, 6.45) is 4.83. The van der Waals surface area contributed by atoms with Crippen molar-refractivity contribution >= 4 is 0 Å². The van der Waals surface area contributed by atoms with Gasteiger partial charge in [-0.15, -0.1) is 0 Å². The molecule has 0 unspecified atom stereocenters. The standard InChI is InChI=1S/C9H22N2/c1-3-9(4-2)11-8-6-5-7-10/h9,11H,3-8,10H2,1-2H3. The average Bonchev–Trinajstić information content (AvgIpc) is 2.05. The van der Waals surface area contributed by atoms with Gasteiger partial charge in [0.1, 0.15) is 0 Å². The van der Waals surface area contributed by atoms with Crippen LogP contribution in [-0.4, -0.2) is 19.1 Å². The SMILES string of the molecule is CCC(CC)NCCCCN. The first-order valence-corrected chi connectivity index (χ1v) is 4.78. The molecule has 0 saturated carbocycles. The van der Waals surface area contributed by atoms with Crippen molar-refractivity contribution in [3.8, 4) is 0 Å². The van der Waals surface area contributed by atoms with Crippen LogP contribution >= 0.6 is 0 Å². The number of unbranched alkanes of at least 4 members (excludes halogenated alkanes) is 1. The Kier molecular flexibility index (Phi) is 7.96. The second kappa shape index (κ2) is 8.02. The molecule has 0 heterocycles. The van der Waals surface area contributed by atoms with Crippen molar-refractivity contribution in [3.63, 3.8) is 0 Å². The van der Waals surface area contributed by atoms with E-state index in [1.165, 1.54) is 19.3 Å². The molecule has 2 heteroatoms. The highest BCUT2D eigenvalue weighted by Crippen LogP contribution is 1.96. The Labute approximate surface area is 70.5 Å². The van der Waals surface area contributed by atoms with E-state index in [1.807, 2.05) is 0 Å². The van der Waals surface area contributed by atoms with Crippen LogP contribution in [0.3, 0.4) is 0 Å². The van der Waals surface area contributed by atoms with Gasteiger partial charge >= 0.3 is 0 Å². The van der Waals surface area contributed by atoms with E-state index in [-0.39, 0.29) is 0 Å². The second-order valence-corrected chi connectivity index (χ2v) is 2.96. The maximum Gasteiger partial charge on any atom is 0.00618 e. The van der Waals surface area contributed by atoms with Crippen LogP contribution in [0.1, 0.15) is 39.5 Å². The topological polar surface area (TPSA) is 38.0 Å². The third-order valence-electron chi connectivity index (χ3n) is 2.05. The monoisotopic (exact) mass is 158 g/mol. The summed E-state index contributed by atoms with van der Waals surface area (Å²) in [6, 6.07) is 0.716. The quantitative estimate of drug-likeness (QED) is 0.551. The third-order valence-corrected chi connectivity index (χ3v) is 2.05. The summed E-state index contributed by atoms with van der Waals surface area (Å²) in [5, 5.41) is 3.50. The van der Waals surface area contributed by atoms with Gasteiger partial charge in [0.15, 0.2) is 0 Å². The zero-order valence-electron chi connectivity index (χ0n) is 7.90. The first-order valence-electron chi connectivity index (χ1n) is 4.78. The summed E-state index contributed by atoms with van der Waals surface area (Å²) in [5.74, 6) is 0. The molecule has 68 valence electrons. The van der Waals surface area contributed by atoms with Crippen LogP contribution in [0.5, 0.6) is 0 Å². The van der Waals surface area contributed by atoms with Gasteiger partial charge in [0.25, 0.3) is 0 Å². The van der Waals surface area contributed by atoms with E-state index in [0.717, 1.165) is 19.5 Å². The Hall–Kier alpha value is -0.0800. The van der Waals surface area contributed by atoms with Crippen molar-refractivity contribution in [1.82, 2.24) is 5.32 Å². The first kappa shape index (κ1) is 10.9. The molecular weight excluding hydrogens is 136 g/mol. The third kappa shape index (κ3) is 6.32. The van der Waals surface area contributed by atoms with Gasteiger partial charge in [-0.1, -0.05) is 13.8 Å². The molecule has 0 spiro atoms. The molecule has 0 aromatic carbocycles. The van der Waals surface area contributed by atoms with Crippen LogP contribution in [-0.2, 0) is 0 Å². The number of hydrogen-bond donors (Lipinski definition) is 2. The molecule has 0 amide bonds. The van der Waals surface area contributed by atoms with Crippen molar-refractivity contribution in [2.24, 2.45) is 5.73 Å². The van der Waals surface area contributed by atoms with E-state index in [4.69, 9.17) is 5.73 Å². The second-order valence-electron chi connectivity index (χ2n) is 2.96. The maximum atomic E-state index is 5.38. The molecule has 0 saturated heterocycles. The van der Waals surface area contributed by atoms with Gasteiger partial charge in [-0.2, -0.15) is 0 Å². The number of rotatable bonds is 7. The Morgan fingerprint density at radius 3 is 2.27 bits per heavy atom. The van der Waals surface area contributed by atoms with E-state index in [1.54, 1.807) is 0 Å². The van der Waals surface area contributed by atoms with Gasteiger partial charge in [0.05, 0.1) is 0 Å². The lowest BCUT2D eigenvalue weighted by Gasteiger charge is -2.13. The van der Waals surface area contributed by atoms with Gasteiger partial charge < -0.3 is 11.1 Å². The Morgan fingerprint density at radius 1 is 1.18 bits per heavy atom. The Bertz CT molecular complexity index is 70.0. The summed E-state index contributed by atoms with van der Waals surface area (Å²) < 4.78 is 0. The number of nitrogens with one attached hydrogen (secondary N) is 1. The fourth-order valence-corrected chi connectivity index (χ4v) is 1.15. The zero-order chi connectivity index (χ0) is 8.53. The predicted molar refractivity (Wildman–Crippen MR) is 50.7 cm³/mol. The number of nitrogens with two attached hydrogens (primary N) is 1. The van der Waals surface area contributed by atoms with Gasteiger partial charge in [-0.05, 0) is 38.8 Å². The minimum Gasteiger partial charge on any atom is -0.330 e. The lowest BCUT2D eigenvalue weighted by molar-refractivity contribution is 0.475. The fourth-order valence-electron chi connectivity index (χ4n) is 1.15. The molecule has 11 heavy (non-hydrogen) atoms. The van der Waals surface area contributed by atoms with Gasteiger partial charge in [0.2, 0.25) is 0 Å². The molecule has 0 aliphatic carbocycles. The van der Waals surface area contributed by atoms with E-state index in [9.17, 15) is 0 Å². The number of hydrogen-bond acceptors (Lipinski definition) is 2. The molecule has 0 radical (unpaired) electrons. The van der Waals surface area contributed by atoms with Crippen LogP contribution in [0.4, 0.5) is 0 Å². The van der Waals surface area contributed by atoms with Gasteiger partial charge in [-0.25, -0.2) is 0 Å². The van der Waals surface area contributed by atoms with Crippen molar-refractivity contribution in [2.75, 3.05) is 13.1 Å². The molecule has 2 nitrogen and oxygen atoms in total. The van der Waals surface area contributed by atoms with E-state index in [0.29, 0.717) is 6.04 Å². The van der Waals surface area contributed by atoms with E-state index >= 15 is 0 Å². The van der Waals surface area contributed by atoms with Crippen molar-refractivity contribution < 1.29 is 0 Å². The molecule has 0 aliphatic rings. The average molecular weight is 158 g/mol. The van der Waals surface area contributed by atoms with Crippen LogP contribution in [0.15, 0.2) is 0 Å². The summed E-state index contributed by atoms with van der Waals surface area (Å²) in [7, 11) is 0. The summed E-state index contributed by atoms with van der Waals surface area (Å²) in [4.78, 5) is 0. The van der Waals surface area contributed by atoms with E-state index in [2.05, 4.69) is 19.2 Å². The highest BCUT2D eigenvalue weighted by Gasteiger charge is 1.99. The maximum absolute atomic E-state index is 5.38. The van der Waals surface area contributed by atoms with Crippen LogP contribution in [0, 0.1) is 0 Å². The van der Waals surface area contributed by atoms with Crippen LogP contribution in [0.2, 0.25) is 0 Å². The molecule has 0 bridgehead atoms. The normalized spacial score (nSPS) is 10.9. The van der Waals surface area contributed by atoms with Gasteiger partial charge in [-0.3, -0.25) is 0 Å². The Balaban J connectivity index is 3.07. The summed E-state index contributed by atoms with van der Waals surface area (Å²) >= 11 is 0. The predicted octanol–water partition coefficient (Wildman–Crippen LogP) is 1.50. The molecule has 0 atom stereocenters. The smallest absolute Gasteiger partial charge is 0.00618 e. The first-order chi connectivity index (χ1) is 5.35.